The van der Waals surface area contributed by atoms with Gasteiger partial charge in [0.1, 0.15) is 12.4 Å². The first-order valence-electron chi connectivity index (χ1n) is 4.73. The molecule has 1 rings (SSSR count). The Hall–Kier alpha value is -1.22. The van der Waals surface area contributed by atoms with E-state index < -0.39 is 5.97 Å². The van der Waals surface area contributed by atoms with E-state index in [1.807, 2.05) is 6.92 Å². The SMILES string of the molecule is CCC(Cl)COC(=O)c1ccc(O)cc1. The molecule has 3 nitrogen and oxygen atoms in total. The molecule has 1 aromatic rings. The minimum Gasteiger partial charge on any atom is -0.508 e. The topological polar surface area (TPSA) is 46.5 Å². The smallest absolute Gasteiger partial charge is 0.338 e. The summed E-state index contributed by atoms with van der Waals surface area (Å²) in [6.07, 6.45) is 0.754. The number of phenols is 1. The first-order chi connectivity index (χ1) is 7.13. The van der Waals surface area contributed by atoms with Crippen LogP contribution in [0.2, 0.25) is 0 Å². The summed E-state index contributed by atoms with van der Waals surface area (Å²) in [6.45, 7) is 2.13. The number of ether oxygens (including phenoxy) is 1. The summed E-state index contributed by atoms with van der Waals surface area (Å²) in [4.78, 5) is 11.4. The predicted molar refractivity (Wildman–Crippen MR) is 58.3 cm³/mol. The van der Waals surface area contributed by atoms with Crippen LogP contribution in [-0.4, -0.2) is 23.1 Å². The summed E-state index contributed by atoms with van der Waals surface area (Å²) in [5.41, 5.74) is 0.410. The Balaban J connectivity index is 2.50. The zero-order valence-corrected chi connectivity index (χ0v) is 9.20. The third kappa shape index (κ3) is 3.80. The molecule has 1 N–H and O–H groups in total. The van der Waals surface area contributed by atoms with Crippen LogP contribution in [-0.2, 0) is 4.74 Å². The summed E-state index contributed by atoms with van der Waals surface area (Å²) in [6, 6.07) is 5.89. The molecule has 0 radical (unpaired) electrons. The highest BCUT2D eigenvalue weighted by molar-refractivity contribution is 6.20. The average molecular weight is 229 g/mol. The molecule has 82 valence electrons. The zero-order valence-electron chi connectivity index (χ0n) is 8.44. The number of aromatic hydroxyl groups is 1. The fraction of sp³-hybridized carbons (Fsp3) is 0.364. The largest absolute Gasteiger partial charge is 0.508 e. The van der Waals surface area contributed by atoms with Gasteiger partial charge in [0.2, 0.25) is 0 Å². The van der Waals surface area contributed by atoms with Crippen molar-refractivity contribution < 1.29 is 14.6 Å². The molecule has 0 aliphatic carbocycles. The maximum absolute atomic E-state index is 11.4. The Morgan fingerprint density at radius 2 is 2.07 bits per heavy atom. The summed E-state index contributed by atoms with van der Waals surface area (Å²) < 4.78 is 4.97. The van der Waals surface area contributed by atoms with E-state index in [0.29, 0.717) is 5.56 Å². The molecule has 0 aromatic heterocycles. The molecule has 0 bridgehead atoms. The normalized spacial score (nSPS) is 12.1. The molecule has 4 heteroatoms. The summed E-state index contributed by atoms with van der Waals surface area (Å²) in [5, 5.41) is 8.87. The number of phenolic OH excluding ortho intramolecular Hbond substituents is 1. The molecule has 0 aliphatic rings. The monoisotopic (exact) mass is 228 g/mol. The number of hydrogen-bond acceptors (Lipinski definition) is 3. The molecule has 0 heterocycles. The van der Waals surface area contributed by atoms with Gasteiger partial charge in [0.25, 0.3) is 0 Å². The second-order valence-corrected chi connectivity index (χ2v) is 3.77. The standard InChI is InChI=1S/C11H13ClO3/c1-2-9(12)7-15-11(14)8-3-5-10(13)6-4-8/h3-6,9,13H,2,7H2,1H3. The zero-order chi connectivity index (χ0) is 11.3. The summed E-state index contributed by atoms with van der Waals surface area (Å²) in [5.74, 6) is -0.301. The Bertz CT molecular complexity index is 321. The third-order valence-corrected chi connectivity index (χ3v) is 2.38. The summed E-state index contributed by atoms with van der Waals surface area (Å²) >= 11 is 5.80. The lowest BCUT2D eigenvalue weighted by Gasteiger charge is -2.07. The first-order valence-corrected chi connectivity index (χ1v) is 5.17. The molecule has 0 fully saturated rings. The molecule has 1 atom stereocenters. The van der Waals surface area contributed by atoms with Crippen LogP contribution in [0.3, 0.4) is 0 Å². The second-order valence-electron chi connectivity index (χ2n) is 3.15. The van der Waals surface area contributed by atoms with Gasteiger partial charge >= 0.3 is 5.97 Å². The average Bonchev–Trinajstić information content (AvgIpc) is 2.26. The van der Waals surface area contributed by atoms with Crippen LogP contribution in [0.4, 0.5) is 0 Å². The number of rotatable bonds is 4. The number of esters is 1. The van der Waals surface area contributed by atoms with Crippen molar-refractivity contribution in [2.75, 3.05) is 6.61 Å². The number of benzene rings is 1. The molecule has 0 saturated heterocycles. The van der Waals surface area contributed by atoms with E-state index in [4.69, 9.17) is 21.4 Å². The Morgan fingerprint density at radius 1 is 1.47 bits per heavy atom. The van der Waals surface area contributed by atoms with Crippen molar-refractivity contribution in [2.24, 2.45) is 0 Å². The van der Waals surface area contributed by atoms with E-state index in [1.165, 1.54) is 24.3 Å². The van der Waals surface area contributed by atoms with E-state index in [2.05, 4.69) is 0 Å². The highest BCUT2D eigenvalue weighted by atomic mass is 35.5. The minimum absolute atomic E-state index is 0.121. The maximum atomic E-state index is 11.4. The van der Waals surface area contributed by atoms with Gasteiger partial charge in [-0.2, -0.15) is 0 Å². The number of carbonyl (C=O) groups excluding carboxylic acids is 1. The van der Waals surface area contributed by atoms with Gasteiger partial charge in [-0.25, -0.2) is 4.79 Å². The number of halogens is 1. The van der Waals surface area contributed by atoms with Gasteiger partial charge in [-0.15, -0.1) is 11.6 Å². The van der Waals surface area contributed by atoms with Crippen LogP contribution in [0.5, 0.6) is 5.75 Å². The number of alkyl halides is 1. The van der Waals surface area contributed by atoms with Crippen LogP contribution in [0.1, 0.15) is 23.7 Å². The van der Waals surface area contributed by atoms with Crippen LogP contribution >= 0.6 is 11.6 Å². The van der Waals surface area contributed by atoms with Gasteiger partial charge in [0.15, 0.2) is 0 Å². The van der Waals surface area contributed by atoms with Gasteiger partial charge in [0.05, 0.1) is 10.9 Å². The second kappa shape index (κ2) is 5.61. The van der Waals surface area contributed by atoms with Crippen molar-refractivity contribution in [1.29, 1.82) is 0 Å². The van der Waals surface area contributed by atoms with Crippen molar-refractivity contribution in [3.8, 4) is 5.75 Å². The quantitative estimate of drug-likeness (QED) is 0.637. The molecule has 15 heavy (non-hydrogen) atoms. The third-order valence-electron chi connectivity index (χ3n) is 1.94. The van der Waals surface area contributed by atoms with Crippen LogP contribution in [0.15, 0.2) is 24.3 Å². The van der Waals surface area contributed by atoms with E-state index in [9.17, 15) is 4.79 Å². The van der Waals surface area contributed by atoms with Gasteiger partial charge in [-0.3, -0.25) is 0 Å². The molecule has 0 spiro atoms. The van der Waals surface area contributed by atoms with Gasteiger partial charge in [-0.05, 0) is 30.7 Å². The molecule has 0 amide bonds. The van der Waals surface area contributed by atoms with Crippen molar-refractivity contribution in [1.82, 2.24) is 0 Å². The fourth-order valence-corrected chi connectivity index (χ4v) is 1.03. The van der Waals surface area contributed by atoms with Crippen molar-refractivity contribution in [2.45, 2.75) is 18.7 Å². The van der Waals surface area contributed by atoms with Gasteiger partial charge < -0.3 is 9.84 Å². The fourth-order valence-electron chi connectivity index (χ4n) is 0.965. The van der Waals surface area contributed by atoms with Crippen LogP contribution in [0.25, 0.3) is 0 Å². The molecule has 1 aromatic carbocycles. The Kier molecular flexibility index (Phi) is 4.43. The van der Waals surface area contributed by atoms with E-state index in [-0.39, 0.29) is 17.7 Å². The molecule has 0 saturated carbocycles. The van der Waals surface area contributed by atoms with Crippen LogP contribution in [0, 0.1) is 0 Å². The molecular formula is C11H13ClO3. The van der Waals surface area contributed by atoms with Crippen LogP contribution < -0.4 is 0 Å². The number of hydrogen-bond donors (Lipinski definition) is 1. The van der Waals surface area contributed by atoms with E-state index in [0.717, 1.165) is 6.42 Å². The van der Waals surface area contributed by atoms with E-state index in [1.54, 1.807) is 0 Å². The van der Waals surface area contributed by atoms with Crippen molar-refractivity contribution >= 4 is 17.6 Å². The highest BCUT2D eigenvalue weighted by Gasteiger charge is 2.09. The first kappa shape index (κ1) is 11.9. The molecule has 1 unspecified atom stereocenters. The van der Waals surface area contributed by atoms with Crippen molar-refractivity contribution in [3.05, 3.63) is 29.8 Å². The lowest BCUT2D eigenvalue weighted by Crippen LogP contribution is -2.13. The molecule has 0 aliphatic heterocycles. The molecular weight excluding hydrogens is 216 g/mol. The number of carbonyl (C=O) groups is 1. The minimum atomic E-state index is -0.422. The van der Waals surface area contributed by atoms with Gasteiger partial charge in [-0.1, -0.05) is 6.92 Å². The van der Waals surface area contributed by atoms with E-state index >= 15 is 0 Å². The lowest BCUT2D eigenvalue weighted by atomic mass is 10.2. The summed E-state index contributed by atoms with van der Waals surface area (Å²) in [7, 11) is 0. The van der Waals surface area contributed by atoms with Crippen molar-refractivity contribution in [3.63, 3.8) is 0 Å². The predicted octanol–water partition coefficient (Wildman–Crippen LogP) is 2.57. The maximum Gasteiger partial charge on any atom is 0.338 e. The Labute approximate surface area is 93.6 Å². The Morgan fingerprint density at radius 3 is 2.60 bits per heavy atom. The highest BCUT2D eigenvalue weighted by Crippen LogP contribution is 2.11. The lowest BCUT2D eigenvalue weighted by molar-refractivity contribution is 0.0503. The van der Waals surface area contributed by atoms with Gasteiger partial charge in [0, 0.05) is 0 Å².